The van der Waals surface area contributed by atoms with Gasteiger partial charge in [0.2, 0.25) is 11.0 Å². The predicted molar refractivity (Wildman–Crippen MR) is 73.3 cm³/mol. The Kier molecular flexibility index (Phi) is 4.26. The van der Waals surface area contributed by atoms with Crippen molar-refractivity contribution in [3.05, 3.63) is 33.9 Å². The Bertz CT molecular complexity index is 691. The number of rotatable bonds is 5. The zero-order chi connectivity index (χ0) is 15.6. The van der Waals surface area contributed by atoms with E-state index in [2.05, 4.69) is 10.2 Å². The maximum absolute atomic E-state index is 13.8. The number of ether oxygens (including phenoxy) is 1. The molecule has 0 aliphatic rings. The first-order valence-corrected chi connectivity index (χ1v) is 6.68. The third kappa shape index (κ3) is 2.89. The van der Waals surface area contributed by atoms with Crippen molar-refractivity contribution >= 4 is 17.4 Å². The second kappa shape index (κ2) is 5.95. The number of halogens is 1. The Morgan fingerprint density at radius 3 is 2.76 bits per heavy atom. The van der Waals surface area contributed by atoms with E-state index in [1.54, 1.807) is 0 Å². The molecule has 0 amide bonds. The fourth-order valence-corrected chi connectivity index (χ4v) is 2.57. The second-order valence-corrected chi connectivity index (χ2v) is 4.95. The number of hydrogen-bond acceptors (Lipinski definition) is 7. The van der Waals surface area contributed by atoms with Crippen molar-refractivity contribution in [1.82, 2.24) is 14.9 Å². The Labute approximate surface area is 123 Å². The summed E-state index contributed by atoms with van der Waals surface area (Å²) in [5.74, 6) is 5.47. The molecular weight excluding hydrogens is 301 g/mol. The van der Waals surface area contributed by atoms with Crippen molar-refractivity contribution in [2.45, 2.75) is 23.4 Å². The van der Waals surface area contributed by atoms with Crippen LogP contribution in [0.1, 0.15) is 12.7 Å². The maximum Gasteiger partial charge on any atom is 0.318 e. The van der Waals surface area contributed by atoms with E-state index >= 15 is 0 Å². The number of nitro benzene ring substituents is 1. The summed E-state index contributed by atoms with van der Waals surface area (Å²) < 4.78 is 19.9. The Morgan fingerprint density at radius 1 is 1.52 bits per heavy atom. The third-order valence-corrected chi connectivity index (χ3v) is 3.66. The number of methoxy groups -OCH3 is 1. The molecule has 21 heavy (non-hydrogen) atoms. The summed E-state index contributed by atoms with van der Waals surface area (Å²) in [6, 6.07) is 2.30. The molecule has 0 fully saturated rings. The van der Waals surface area contributed by atoms with E-state index in [1.165, 1.54) is 17.9 Å². The van der Waals surface area contributed by atoms with E-state index in [4.69, 9.17) is 10.6 Å². The molecule has 8 nitrogen and oxygen atoms in total. The molecular formula is C11H12FN5O3S. The van der Waals surface area contributed by atoms with Gasteiger partial charge in [-0.3, -0.25) is 10.1 Å². The average molecular weight is 313 g/mol. The lowest BCUT2D eigenvalue weighted by Gasteiger charge is -2.06. The monoisotopic (exact) mass is 313 g/mol. The highest BCUT2D eigenvalue weighted by Gasteiger charge is 2.24. The molecule has 0 radical (unpaired) electrons. The molecule has 0 aliphatic carbocycles. The molecule has 0 aliphatic heterocycles. The van der Waals surface area contributed by atoms with Crippen molar-refractivity contribution in [3.63, 3.8) is 0 Å². The third-order valence-electron chi connectivity index (χ3n) is 2.67. The van der Waals surface area contributed by atoms with E-state index in [0.717, 1.165) is 17.8 Å². The zero-order valence-electron chi connectivity index (χ0n) is 11.2. The fraction of sp³-hybridized carbons (Fsp3) is 0.273. The first-order chi connectivity index (χ1) is 9.97. The number of hydrogen-bond donors (Lipinski definition) is 1. The second-order valence-electron chi connectivity index (χ2n) is 3.94. The number of aryl methyl sites for hydroxylation is 1. The van der Waals surface area contributed by atoms with E-state index in [1.807, 2.05) is 6.92 Å². The first-order valence-electron chi connectivity index (χ1n) is 5.87. The zero-order valence-corrected chi connectivity index (χ0v) is 12.1. The maximum atomic E-state index is 13.8. The van der Waals surface area contributed by atoms with Crippen molar-refractivity contribution < 1.29 is 14.1 Å². The number of aromatic nitrogens is 3. The summed E-state index contributed by atoms with van der Waals surface area (Å²) in [5, 5.41) is 18.9. The van der Waals surface area contributed by atoms with Gasteiger partial charge >= 0.3 is 5.69 Å². The molecule has 0 bridgehead atoms. The van der Waals surface area contributed by atoms with Crippen molar-refractivity contribution in [2.75, 3.05) is 13.0 Å². The van der Waals surface area contributed by atoms with Crippen LogP contribution in [0.3, 0.4) is 0 Å². The van der Waals surface area contributed by atoms with Crippen LogP contribution in [0.25, 0.3) is 0 Å². The highest BCUT2D eigenvalue weighted by molar-refractivity contribution is 7.99. The number of nitrogens with two attached hydrogens (primary N) is 1. The summed E-state index contributed by atoms with van der Waals surface area (Å²) in [4.78, 5) is 10.3. The van der Waals surface area contributed by atoms with Gasteiger partial charge in [-0.05, 0) is 11.8 Å². The Morgan fingerprint density at radius 2 is 2.24 bits per heavy atom. The molecule has 2 rings (SSSR count). The molecule has 0 unspecified atom stereocenters. The van der Waals surface area contributed by atoms with Crippen LogP contribution in [-0.4, -0.2) is 26.9 Å². The van der Waals surface area contributed by atoms with Crippen LogP contribution in [-0.2, 0) is 6.42 Å². The molecule has 0 saturated carbocycles. The molecule has 0 atom stereocenters. The van der Waals surface area contributed by atoms with Gasteiger partial charge in [0, 0.05) is 18.6 Å². The van der Waals surface area contributed by atoms with Crippen LogP contribution in [0.5, 0.6) is 5.75 Å². The lowest BCUT2D eigenvalue weighted by Crippen LogP contribution is -2.13. The number of nitrogens with zero attached hydrogens (tertiary/aromatic N) is 4. The standard InChI is InChI=1S/C11H12FN5O3S/c1-3-9-14-15-11(16(9)13)21-8-5-6(20-2)4-7(12)10(8)17(18)19/h4-5H,3,13H2,1-2H3. The normalized spacial score (nSPS) is 10.6. The summed E-state index contributed by atoms with van der Waals surface area (Å²) in [6.07, 6.45) is 0.554. The molecule has 10 heteroatoms. The molecule has 112 valence electrons. The van der Waals surface area contributed by atoms with Crippen molar-refractivity contribution in [1.29, 1.82) is 0 Å². The van der Waals surface area contributed by atoms with Gasteiger partial charge in [-0.25, -0.2) is 4.68 Å². The highest BCUT2D eigenvalue weighted by atomic mass is 32.2. The van der Waals surface area contributed by atoms with Crippen molar-refractivity contribution in [2.24, 2.45) is 0 Å². The van der Waals surface area contributed by atoms with Gasteiger partial charge in [0.1, 0.15) is 5.75 Å². The van der Waals surface area contributed by atoms with Gasteiger partial charge in [0.25, 0.3) is 0 Å². The van der Waals surface area contributed by atoms with Gasteiger partial charge in [-0.2, -0.15) is 4.39 Å². The van der Waals surface area contributed by atoms with Crippen LogP contribution in [0.2, 0.25) is 0 Å². The molecule has 1 heterocycles. The van der Waals surface area contributed by atoms with Crippen molar-refractivity contribution in [3.8, 4) is 5.75 Å². The molecule has 0 spiro atoms. The van der Waals surface area contributed by atoms with E-state index in [-0.39, 0.29) is 15.8 Å². The van der Waals surface area contributed by atoms with Gasteiger partial charge < -0.3 is 10.6 Å². The molecule has 2 N–H and O–H groups in total. The molecule has 2 aromatic rings. The average Bonchev–Trinajstić information content (AvgIpc) is 2.78. The summed E-state index contributed by atoms with van der Waals surface area (Å²) in [6.45, 7) is 1.84. The van der Waals surface area contributed by atoms with Crippen LogP contribution >= 0.6 is 11.8 Å². The lowest BCUT2D eigenvalue weighted by molar-refractivity contribution is -0.390. The minimum Gasteiger partial charge on any atom is -0.497 e. The Hall–Kier alpha value is -2.36. The number of benzene rings is 1. The van der Waals surface area contributed by atoms with E-state index in [0.29, 0.717) is 12.2 Å². The summed E-state index contributed by atoms with van der Waals surface area (Å²) in [7, 11) is 1.34. The summed E-state index contributed by atoms with van der Waals surface area (Å²) in [5.41, 5.74) is -0.651. The molecule has 1 aromatic carbocycles. The molecule has 1 aromatic heterocycles. The summed E-state index contributed by atoms with van der Waals surface area (Å²) >= 11 is 0.852. The molecule has 0 saturated heterocycles. The van der Waals surface area contributed by atoms with Gasteiger partial charge in [0.05, 0.1) is 16.9 Å². The smallest absolute Gasteiger partial charge is 0.318 e. The van der Waals surface area contributed by atoms with Gasteiger partial charge in [-0.15, -0.1) is 10.2 Å². The quantitative estimate of drug-likeness (QED) is 0.509. The minimum absolute atomic E-state index is 0.0404. The van der Waals surface area contributed by atoms with Crippen LogP contribution in [0.15, 0.2) is 22.2 Å². The SMILES string of the molecule is CCc1nnc(Sc2cc(OC)cc(F)c2[N+](=O)[O-])n1N. The van der Waals surface area contributed by atoms with Crippen LogP contribution in [0, 0.1) is 15.9 Å². The largest absolute Gasteiger partial charge is 0.497 e. The van der Waals surface area contributed by atoms with Crippen LogP contribution in [0.4, 0.5) is 10.1 Å². The number of nitrogen functional groups attached to an aromatic ring is 1. The van der Waals surface area contributed by atoms with Crippen LogP contribution < -0.4 is 10.6 Å². The lowest BCUT2D eigenvalue weighted by atomic mass is 10.3. The van der Waals surface area contributed by atoms with E-state index < -0.39 is 16.4 Å². The van der Waals surface area contributed by atoms with Gasteiger partial charge in [0.15, 0.2) is 5.82 Å². The topological polar surface area (TPSA) is 109 Å². The predicted octanol–water partition coefficient (Wildman–Crippen LogP) is 1.76. The highest BCUT2D eigenvalue weighted by Crippen LogP contribution is 2.38. The van der Waals surface area contributed by atoms with Gasteiger partial charge in [-0.1, -0.05) is 6.92 Å². The van der Waals surface area contributed by atoms with E-state index in [9.17, 15) is 14.5 Å². The Balaban J connectivity index is 2.49. The number of nitro groups is 1. The minimum atomic E-state index is -0.986. The fourth-order valence-electron chi connectivity index (χ4n) is 1.64. The first kappa shape index (κ1) is 15.0.